The molecule has 1 saturated carbocycles. The monoisotopic (exact) mass is 219 g/mol. The molecule has 16 heavy (non-hydrogen) atoms. The van der Waals surface area contributed by atoms with Crippen molar-refractivity contribution >= 4 is 0 Å². The van der Waals surface area contributed by atoms with E-state index < -0.39 is 5.60 Å². The first-order valence-corrected chi connectivity index (χ1v) is 6.18. The molecular formula is C14H21NO. The fourth-order valence-electron chi connectivity index (χ4n) is 2.48. The lowest BCUT2D eigenvalue weighted by molar-refractivity contribution is -0.0105. The van der Waals surface area contributed by atoms with Crippen LogP contribution in [-0.2, 0) is 6.54 Å². The van der Waals surface area contributed by atoms with E-state index in [-0.39, 0.29) is 6.04 Å². The largest absolute Gasteiger partial charge is 0.389 e. The van der Waals surface area contributed by atoms with Crippen LogP contribution in [0.15, 0.2) is 30.3 Å². The van der Waals surface area contributed by atoms with Crippen molar-refractivity contribution in [2.24, 2.45) is 0 Å². The van der Waals surface area contributed by atoms with Crippen molar-refractivity contribution in [2.75, 3.05) is 0 Å². The van der Waals surface area contributed by atoms with Crippen LogP contribution in [0.2, 0.25) is 0 Å². The van der Waals surface area contributed by atoms with Crippen LogP contribution < -0.4 is 5.32 Å². The molecule has 2 rings (SSSR count). The minimum atomic E-state index is -0.535. The third-order valence-corrected chi connectivity index (χ3v) is 3.57. The number of hydrogen-bond acceptors (Lipinski definition) is 2. The summed E-state index contributed by atoms with van der Waals surface area (Å²) in [5.74, 6) is 0. The Labute approximate surface area is 97.7 Å². The molecule has 0 spiro atoms. The summed E-state index contributed by atoms with van der Waals surface area (Å²) >= 11 is 0. The molecule has 1 aromatic carbocycles. The molecule has 0 amide bonds. The normalized spacial score (nSPS) is 30.2. The highest BCUT2D eigenvalue weighted by Gasteiger charge is 2.33. The van der Waals surface area contributed by atoms with E-state index in [1.54, 1.807) is 0 Å². The quantitative estimate of drug-likeness (QED) is 0.818. The van der Waals surface area contributed by atoms with Crippen LogP contribution in [-0.4, -0.2) is 16.7 Å². The fraction of sp³-hybridized carbons (Fsp3) is 0.571. The van der Waals surface area contributed by atoms with Crippen molar-refractivity contribution in [2.45, 2.75) is 50.8 Å². The Kier molecular flexibility index (Phi) is 3.62. The zero-order valence-corrected chi connectivity index (χ0v) is 9.95. The molecule has 0 aliphatic heterocycles. The first kappa shape index (κ1) is 11.6. The third-order valence-electron chi connectivity index (χ3n) is 3.57. The molecule has 1 fully saturated rings. The van der Waals surface area contributed by atoms with Gasteiger partial charge in [-0.15, -0.1) is 0 Å². The summed E-state index contributed by atoms with van der Waals surface area (Å²) in [6, 6.07) is 10.6. The van der Waals surface area contributed by atoms with Crippen LogP contribution in [0.1, 0.15) is 38.2 Å². The second kappa shape index (κ2) is 4.98. The Morgan fingerprint density at radius 3 is 2.75 bits per heavy atom. The Hall–Kier alpha value is -0.860. The molecule has 1 aliphatic rings. The molecule has 1 aromatic rings. The maximum Gasteiger partial charge on any atom is 0.0772 e. The standard InChI is InChI=1S/C14H21NO/c1-14(16)10-6-5-9-13(14)15-11-12-7-3-2-4-8-12/h2-4,7-8,13,15-16H,5-6,9-11H2,1H3. The van der Waals surface area contributed by atoms with Gasteiger partial charge in [-0.1, -0.05) is 43.2 Å². The summed E-state index contributed by atoms with van der Waals surface area (Å²) in [5, 5.41) is 13.7. The lowest BCUT2D eigenvalue weighted by Crippen LogP contribution is -2.50. The molecule has 2 nitrogen and oxygen atoms in total. The SMILES string of the molecule is CC1(O)CCCCC1NCc1ccccc1. The topological polar surface area (TPSA) is 32.3 Å². The molecule has 0 aromatic heterocycles. The van der Waals surface area contributed by atoms with Crippen molar-refractivity contribution in [1.82, 2.24) is 5.32 Å². The third kappa shape index (κ3) is 2.83. The number of aliphatic hydroxyl groups is 1. The van der Waals surface area contributed by atoms with Crippen LogP contribution in [0.5, 0.6) is 0 Å². The van der Waals surface area contributed by atoms with Crippen LogP contribution in [0, 0.1) is 0 Å². The Morgan fingerprint density at radius 1 is 1.31 bits per heavy atom. The summed E-state index contributed by atoms with van der Waals surface area (Å²) in [6.45, 7) is 2.80. The Morgan fingerprint density at radius 2 is 2.06 bits per heavy atom. The molecule has 0 radical (unpaired) electrons. The van der Waals surface area contributed by atoms with Crippen LogP contribution in [0.25, 0.3) is 0 Å². The Bertz CT molecular complexity index is 321. The molecule has 2 unspecified atom stereocenters. The average Bonchev–Trinajstić information content (AvgIpc) is 2.28. The van der Waals surface area contributed by atoms with Gasteiger partial charge in [0.1, 0.15) is 0 Å². The van der Waals surface area contributed by atoms with Gasteiger partial charge in [-0.3, -0.25) is 0 Å². The molecule has 2 N–H and O–H groups in total. The van der Waals surface area contributed by atoms with E-state index in [0.717, 1.165) is 25.8 Å². The van der Waals surface area contributed by atoms with Gasteiger partial charge in [0.15, 0.2) is 0 Å². The average molecular weight is 219 g/mol. The molecule has 1 aliphatic carbocycles. The van der Waals surface area contributed by atoms with Gasteiger partial charge in [0.05, 0.1) is 5.60 Å². The van der Waals surface area contributed by atoms with E-state index in [9.17, 15) is 5.11 Å². The predicted octanol–water partition coefficient (Wildman–Crippen LogP) is 2.47. The number of benzene rings is 1. The van der Waals surface area contributed by atoms with Crippen LogP contribution in [0.3, 0.4) is 0 Å². The summed E-state index contributed by atoms with van der Waals surface area (Å²) in [6.07, 6.45) is 4.37. The van der Waals surface area contributed by atoms with Crippen molar-refractivity contribution < 1.29 is 5.11 Å². The summed E-state index contributed by atoms with van der Waals surface area (Å²) < 4.78 is 0. The van der Waals surface area contributed by atoms with E-state index in [1.165, 1.54) is 12.0 Å². The second-order valence-corrected chi connectivity index (χ2v) is 5.02. The fourth-order valence-corrected chi connectivity index (χ4v) is 2.48. The van der Waals surface area contributed by atoms with Gasteiger partial charge in [-0.25, -0.2) is 0 Å². The number of rotatable bonds is 3. The van der Waals surface area contributed by atoms with Crippen molar-refractivity contribution in [3.63, 3.8) is 0 Å². The minimum Gasteiger partial charge on any atom is -0.389 e. The van der Waals surface area contributed by atoms with Crippen molar-refractivity contribution in [1.29, 1.82) is 0 Å². The first-order chi connectivity index (χ1) is 7.68. The van der Waals surface area contributed by atoms with Crippen molar-refractivity contribution in [3.8, 4) is 0 Å². The van der Waals surface area contributed by atoms with E-state index in [2.05, 4.69) is 29.6 Å². The van der Waals surface area contributed by atoms with E-state index in [4.69, 9.17) is 0 Å². The predicted molar refractivity (Wildman–Crippen MR) is 66.2 cm³/mol. The first-order valence-electron chi connectivity index (χ1n) is 6.18. The maximum absolute atomic E-state index is 10.2. The van der Waals surface area contributed by atoms with Gasteiger partial charge in [0, 0.05) is 12.6 Å². The van der Waals surface area contributed by atoms with Crippen LogP contribution >= 0.6 is 0 Å². The van der Waals surface area contributed by atoms with E-state index >= 15 is 0 Å². The van der Waals surface area contributed by atoms with Gasteiger partial charge < -0.3 is 10.4 Å². The minimum absolute atomic E-state index is 0.237. The number of nitrogens with one attached hydrogen (secondary N) is 1. The molecule has 2 atom stereocenters. The lowest BCUT2D eigenvalue weighted by atomic mass is 9.82. The van der Waals surface area contributed by atoms with Gasteiger partial charge >= 0.3 is 0 Å². The number of hydrogen-bond donors (Lipinski definition) is 2. The van der Waals surface area contributed by atoms with E-state index in [1.807, 2.05) is 13.0 Å². The van der Waals surface area contributed by atoms with E-state index in [0.29, 0.717) is 0 Å². The van der Waals surface area contributed by atoms with Gasteiger partial charge in [0.2, 0.25) is 0 Å². The zero-order valence-electron chi connectivity index (χ0n) is 9.95. The maximum atomic E-state index is 10.2. The van der Waals surface area contributed by atoms with Gasteiger partial charge in [-0.05, 0) is 25.3 Å². The highest BCUT2D eigenvalue weighted by molar-refractivity contribution is 5.14. The van der Waals surface area contributed by atoms with Crippen LogP contribution in [0.4, 0.5) is 0 Å². The highest BCUT2D eigenvalue weighted by atomic mass is 16.3. The molecule has 0 bridgehead atoms. The lowest BCUT2D eigenvalue weighted by Gasteiger charge is -2.37. The summed E-state index contributed by atoms with van der Waals surface area (Å²) in [5.41, 5.74) is 0.747. The van der Waals surface area contributed by atoms with Gasteiger partial charge in [-0.2, -0.15) is 0 Å². The molecule has 2 heteroatoms. The molecular weight excluding hydrogens is 198 g/mol. The molecule has 0 saturated heterocycles. The second-order valence-electron chi connectivity index (χ2n) is 5.02. The van der Waals surface area contributed by atoms with Crippen molar-refractivity contribution in [3.05, 3.63) is 35.9 Å². The summed E-state index contributed by atoms with van der Waals surface area (Å²) in [7, 11) is 0. The highest BCUT2D eigenvalue weighted by Crippen LogP contribution is 2.28. The Balaban J connectivity index is 1.90. The smallest absolute Gasteiger partial charge is 0.0772 e. The van der Waals surface area contributed by atoms with Gasteiger partial charge in [0.25, 0.3) is 0 Å². The summed E-state index contributed by atoms with van der Waals surface area (Å²) in [4.78, 5) is 0. The molecule has 88 valence electrons. The molecule has 0 heterocycles. The zero-order chi connectivity index (χ0) is 11.4.